The zero-order valence-electron chi connectivity index (χ0n) is 13.4. The first-order valence-electron chi connectivity index (χ1n) is 7.30. The van der Waals surface area contributed by atoms with Crippen LogP contribution in [0.25, 0.3) is 0 Å². The number of rotatable bonds is 7. The Morgan fingerprint density at radius 2 is 1.92 bits per heavy atom. The summed E-state index contributed by atoms with van der Waals surface area (Å²) in [5.41, 5.74) is 0.859. The Bertz CT molecular complexity index is 849. The van der Waals surface area contributed by atoms with E-state index >= 15 is 0 Å². The number of nitro groups is 1. The fourth-order valence-corrected chi connectivity index (χ4v) is 3.18. The van der Waals surface area contributed by atoms with Crippen molar-refractivity contribution in [2.75, 3.05) is 6.61 Å². The monoisotopic (exact) mass is 350 g/mol. The molecule has 0 aliphatic carbocycles. The van der Waals surface area contributed by atoms with Crippen LogP contribution >= 0.6 is 0 Å². The number of nitro benzene ring substituents is 1. The van der Waals surface area contributed by atoms with Gasteiger partial charge in [0.2, 0.25) is 10.0 Å². The topological polar surface area (TPSA) is 98.5 Å². The standard InChI is InChI=1S/C16H18N2O5S/c1-3-23-16-7-5-4-6-13(16)11-17-24(21,22)14-9-8-12(2)15(10-14)18(19)20/h4-10,17H,3,11H2,1-2H3. The van der Waals surface area contributed by atoms with Crippen LogP contribution in [0.5, 0.6) is 5.75 Å². The molecule has 2 aromatic carbocycles. The van der Waals surface area contributed by atoms with Gasteiger partial charge in [-0.15, -0.1) is 0 Å². The van der Waals surface area contributed by atoms with E-state index in [-0.39, 0.29) is 17.1 Å². The molecule has 0 radical (unpaired) electrons. The van der Waals surface area contributed by atoms with Crippen LogP contribution in [-0.4, -0.2) is 19.9 Å². The minimum absolute atomic E-state index is 0.0280. The molecule has 0 bridgehead atoms. The van der Waals surface area contributed by atoms with Gasteiger partial charge in [-0.25, -0.2) is 13.1 Å². The molecule has 0 saturated heterocycles. The maximum atomic E-state index is 12.4. The van der Waals surface area contributed by atoms with Crippen LogP contribution in [0.2, 0.25) is 0 Å². The van der Waals surface area contributed by atoms with Gasteiger partial charge in [-0.2, -0.15) is 0 Å². The van der Waals surface area contributed by atoms with E-state index in [9.17, 15) is 18.5 Å². The van der Waals surface area contributed by atoms with Crippen LogP contribution in [0.1, 0.15) is 18.1 Å². The first kappa shape index (κ1) is 17.9. The van der Waals surface area contributed by atoms with Gasteiger partial charge in [-0.1, -0.05) is 24.3 Å². The van der Waals surface area contributed by atoms with Gasteiger partial charge in [0.05, 0.1) is 16.4 Å². The minimum Gasteiger partial charge on any atom is -0.494 e. The molecular weight excluding hydrogens is 332 g/mol. The van der Waals surface area contributed by atoms with E-state index < -0.39 is 14.9 Å². The summed E-state index contributed by atoms with van der Waals surface area (Å²) in [7, 11) is -3.87. The fraction of sp³-hybridized carbons (Fsp3) is 0.250. The predicted molar refractivity (Wildman–Crippen MR) is 89.5 cm³/mol. The molecule has 2 aromatic rings. The van der Waals surface area contributed by atoms with Gasteiger partial charge in [0.15, 0.2) is 0 Å². The highest BCUT2D eigenvalue weighted by Crippen LogP contribution is 2.23. The fourth-order valence-electron chi connectivity index (χ4n) is 2.16. The Morgan fingerprint density at radius 3 is 2.58 bits per heavy atom. The van der Waals surface area contributed by atoms with Crippen molar-refractivity contribution >= 4 is 15.7 Å². The summed E-state index contributed by atoms with van der Waals surface area (Å²) in [4.78, 5) is 10.2. The molecule has 24 heavy (non-hydrogen) atoms. The molecule has 7 nitrogen and oxygen atoms in total. The highest BCUT2D eigenvalue weighted by Gasteiger charge is 2.20. The van der Waals surface area contributed by atoms with Crippen molar-refractivity contribution in [2.24, 2.45) is 0 Å². The molecular formula is C16H18N2O5S. The number of hydrogen-bond donors (Lipinski definition) is 1. The summed E-state index contributed by atoms with van der Waals surface area (Å²) >= 11 is 0. The number of aryl methyl sites for hydroxylation is 1. The molecule has 0 fully saturated rings. The number of ether oxygens (including phenoxy) is 1. The van der Waals surface area contributed by atoms with Crippen molar-refractivity contribution in [1.82, 2.24) is 4.72 Å². The Kier molecular flexibility index (Phi) is 5.53. The lowest BCUT2D eigenvalue weighted by Gasteiger charge is -2.11. The lowest BCUT2D eigenvalue weighted by Crippen LogP contribution is -2.23. The molecule has 1 N–H and O–H groups in total. The summed E-state index contributed by atoms with van der Waals surface area (Å²) < 4.78 is 32.7. The molecule has 0 aliphatic rings. The van der Waals surface area contributed by atoms with Crippen LogP contribution in [0.4, 0.5) is 5.69 Å². The molecule has 0 heterocycles. The predicted octanol–water partition coefficient (Wildman–Crippen LogP) is 2.78. The second-order valence-electron chi connectivity index (χ2n) is 5.07. The van der Waals surface area contributed by atoms with Gasteiger partial charge in [-0.05, 0) is 26.0 Å². The average molecular weight is 350 g/mol. The largest absolute Gasteiger partial charge is 0.494 e. The quantitative estimate of drug-likeness (QED) is 0.611. The van der Waals surface area contributed by atoms with Gasteiger partial charge in [-0.3, -0.25) is 10.1 Å². The molecule has 0 spiro atoms. The van der Waals surface area contributed by atoms with Gasteiger partial charge in [0, 0.05) is 23.7 Å². The molecule has 0 aromatic heterocycles. The first-order chi connectivity index (χ1) is 11.3. The maximum Gasteiger partial charge on any atom is 0.273 e. The molecule has 128 valence electrons. The Morgan fingerprint density at radius 1 is 1.21 bits per heavy atom. The summed E-state index contributed by atoms with van der Waals surface area (Å²) in [5.74, 6) is 0.595. The van der Waals surface area contributed by atoms with Crippen LogP contribution in [0.3, 0.4) is 0 Å². The van der Waals surface area contributed by atoms with E-state index in [0.717, 1.165) is 6.07 Å². The molecule has 0 aliphatic heterocycles. The number of nitrogens with zero attached hydrogens (tertiary/aromatic N) is 1. The van der Waals surface area contributed by atoms with E-state index in [0.29, 0.717) is 23.5 Å². The number of benzene rings is 2. The third-order valence-electron chi connectivity index (χ3n) is 3.41. The van der Waals surface area contributed by atoms with Crippen molar-refractivity contribution in [3.8, 4) is 5.75 Å². The summed E-state index contributed by atoms with van der Waals surface area (Å²) in [6, 6.07) is 10.9. The number of nitrogens with one attached hydrogen (secondary N) is 1. The molecule has 0 saturated carbocycles. The Labute approximate surface area is 140 Å². The van der Waals surface area contributed by atoms with Crippen molar-refractivity contribution in [1.29, 1.82) is 0 Å². The van der Waals surface area contributed by atoms with Crippen molar-refractivity contribution in [3.05, 3.63) is 63.7 Å². The third kappa shape index (κ3) is 4.09. The molecule has 2 rings (SSSR count). The number of hydrogen-bond acceptors (Lipinski definition) is 5. The molecule has 0 amide bonds. The lowest BCUT2D eigenvalue weighted by atomic mass is 10.2. The molecule has 8 heteroatoms. The Hall–Kier alpha value is -2.45. The molecule has 0 unspecified atom stereocenters. The number of para-hydroxylation sites is 1. The number of sulfonamides is 1. The van der Waals surface area contributed by atoms with E-state index in [2.05, 4.69) is 4.72 Å². The summed E-state index contributed by atoms with van der Waals surface area (Å²) in [5, 5.41) is 11.0. The zero-order valence-corrected chi connectivity index (χ0v) is 14.2. The van der Waals surface area contributed by atoms with E-state index in [4.69, 9.17) is 4.74 Å². The SMILES string of the molecule is CCOc1ccccc1CNS(=O)(=O)c1ccc(C)c([N+](=O)[O-])c1. The lowest BCUT2D eigenvalue weighted by molar-refractivity contribution is -0.385. The van der Waals surface area contributed by atoms with Crippen LogP contribution in [-0.2, 0) is 16.6 Å². The van der Waals surface area contributed by atoms with Crippen LogP contribution in [0.15, 0.2) is 47.4 Å². The van der Waals surface area contributed by atoms with Gasteiger partial charge < -0.3 is 4.74 Å². The minimum atomic E-state index is -3.87. The molecule has 0 atom stereocenters. The summed E-state index contributed by atoms with van der Waals surface area (Å²) in [6.07, 6.45) is 0. The summed E-state index contributed by atoms with van der Waals surface area (Å²) in [6.45, 7) is 3.89. The van der Waals surface area contributed by atoms with Crippen molar-refractivity contribution in [3.63, 3.8) is 0 Å². The van der Waals surface area contributed by atoms with Gasteiger partial charge >= 0.3 is 0 Å². The highest BCUT2D eigenvalue weighted by atomic mass is 32.2. The third-order valence-corrected chi connectivity index (χ3v) is 4.81. The van der Waals surface area contributed by atoms with E-state index in [1.807, 2.05) is 6.92 Å². The second kappa shape index (κ2) is 7.41. The first-order valence-corrected chi connectivity index (χ1v) is 8.79. The van der Waals surface area contributed by atoms with Crippen LogP contribution in [0, 0.1) is 17.0 Å². The van der Waals surface area contributed by atoms with E-state index in [1.54, 1.807) is 31.2 Å². The van der Waals surface area contributed by atoms with Crippen LogP contribution < -0.4 is 9.46 Å². The normalized spacial score (nSPS) is 11.2. The highest BCUT2D eigenvalue weighted by molar-refractivity contribution is 7.89. The zero-order chi connectivity index (χ0) is 17.7. The average Bonchev–Trinajstić information content (AvgIpc) is 2.54. The van der Waals surface area contributed by atoms with Gasteiger partial charge in [0.1, 0.15) is 5.75 Å². The van der Waals surface area contributed by atoms with Gasteiger partial charge in [0.25, 0.3) is 5.69 Å². The Balaban J connectivity index is 2.24. The van der Waals surface area contributed by atoms with E-state index in [1.165, 1.54) is 12.1 Å². The smallest absolute Gasteiger partial charge is 0.273 e. The van der Waals surface area contributed by atoms with Crippen molar-refractivity contribution in [2.45, 2.75) is 25.3 Å². The van der Waals surface area contributed by atoms with Crippen molar-refractivity contribution < 1.29 is 18.1 Å². The maximum absolute atomic E-state index is 12.4. The second-order valence-corrected chi connectivity index (χ2v) is 6.84.